The van der Waals surface area contributed by atoms with Gasteiger partial charge in [0.2, 0.25) is 0 Å². The molecule has 1 unspecified atom stereocenters. The standard InChI is InChI=1S/C19H19FN2O/c20-17-7-5-14(6-8-17)10-18(13-23)21-11-15-9-16-3-1-2-4-19(16)22-12-15/h1-9,12,18,21,23H,10-11,13H2. The van der Waals surface area contributed by atoms with Crippen molar-refractivity contribution in [3.63, 3.8) is 0 Å². The van der Waals surface area contributed by atoms with Gasteiger partial charge >= 0.3 is 0 Å². The highest BCUT2D eigenvalue weighted by Crippen LogP contribution is 2.13. The topological polar surface area (TPSA) is 45.1 Å². The van der Waals surface area contributed by atoms with E-state index in [1.165, 1.54) is 12.1 Å². The summed E-state index contributed by atoms with van der Waals surface area (Å²) in [6, 6.07) is 16.4. The highest BCUT2D eigenvalue weighted by Gasteiger charge is 2.08. The van der Waals surface area contributed by atoms with Crippen LogP contribution in [0.4, 0.5) is 4.39 Å². The van der Waals surface area contributed by atoms with Crippen LogP contribution in [0.3, 0.4) is 0 Å². The molecule has 0 aliphatic carbocycles. The zero-order valence-electron chi connectivity index (χ0n) is 12.7. The molecule has 0 fully saturated rings. The monoisotopic (exact) mass is 310 g/mol. The minimum Gasteiger partial charge on any atom is -0.395 e. The molecule has 4 heteroatoms. The fourth-order valence-corrected chi connectivity index (χ4v) is 2.58. The summed E-state index contributed by atoms with van der Waals surface area (Å²) >= 11 is 0. The molecule has 0 amide bonds. The molecule has 2 aromatic carbocycles. The lowest BCUT2D eigenvalue weighted by Gasteiger charge is -2.16. The Kier molecular flexibility index (Phi) is 4.95. The largest absolute Gasteiger partial charge is 0.395 e. The fourth-order valence-electron chi connectivity index (χ4n) is 2.58. The molecule has 118 valence electrons. The number of hydrogen-bond acceptors (Lipinski definition) is 3. The van der Waals surface area contributed by atoms with Gasteiger partial charge in [-0.05, 0) is 41.8 Å². The first-order chi connectivity index (χ1) is 11.2. The summed E-state index contributed by atoms with van der Waals surface area (Å²) in [7, 11) is 0. The van der Waals surface area contributed by atoms with Gasteiger partial charge in [0.1, 0.15) is 5.82 Å². The van der Waals surface area contributed by atoms with Gasteiger partial charge in [-0.1, -0.05) is 30.3 Å². The number of benzene rings is 2. The molecule has 0 aliphatic heterocycles. The third kappa shape index (κ3) is 4.12. The van der Waals surface area contributed by atoms with Crippen LogP contribution in [-0.2, 0) is 13.0 Å². The summed E-state index contributed by atoms with van der Waals surface area (Å²) in [4.78, 5) is 4.43. The molecule has 23 heavy (non-hydrogen) atoms. The van der Waals surface area contributed by atoms with Crippen molar-refractivity contribution >= 4 is 10.9 Å². The van der Waals surface area contributed by atoms with Gasteiger partial charge in [-0.25, -0.2) is 4.39 Å². The third-order valence-corrected chi connectivity index (χ3v) is 3.86. The van der Waals surface area contributed by atoms with Gasteiger partial charge in [-0.3, -0.25) is 4.98 Å². The quantitative estimate of drug-likeness (QED) is 0.735. The number of nitrogens with one attached hydrogen (secondary N) is 1. The first kappa shape index (κ1) is 15.6. The van der Waals surface area contributed by atoms with Crippen LogP contribution in [0.5, 0.6) is 0 Å². The molecule has 0 saturated carbocycles. The van der Waals surface area contributed by atoms with Crippen molar-refractivity contribution in [3.05, 3.63) is 77.7 Å². The number of para-hydroxylation sites is 1. The Bertz CT molecular complexity index is 774. The minimum atomic E-state index is -0.246. The second-order valence-electron chi connectivity index (χ2n) is 5.63. The summed E-state index contributed by atoms with van der Waals surface area (Å²) in [5, 5.41) is 14.0. The fraction of sp³-hybridized carbons (Fsp3) is 0.211. The van der Waals surface area contributed by atoms with Crippen LogP contribution < -0.4 is 5.32 Å². The van der Waals surface area contributed by atoms with E-state index < -0.39 is 0 Å². The lowest BCUT2D eigenvalue weighted by molar-refractivity contribution is 0.241. The van der Waals surface area contributed by atoms with Crippen LogP contribution >= 0.6 is 0 Å². The minimum absolute atomic E-state index is 0.0262. The van der Waals surface area contributed by atoms with Gasteiger partial charge in [-0.15, -0.1) is 0 Å². The van der Waals surface area contributed by atoms with Gasteiger partial charge in [-0.2, -0.15) is 0 Å². The van der Waals surface area contributed by atoms with E-state index in [9.17, 15) is 9.50 Å². The predicted molar refractivity (Wildman–Crippen MR) is 89.6 cm³/mol. The molecule has 0 aliphatic rings. The molecule has 3 rings (SSSR count). The van der Waals surface area contributed by atoms with Gasteiger partial charge in [0, 0.05) is 24.2 Å². The third-order valence-electron chi connectivity index (χ3n) is 3.86. The van der Waals surface area contributed by atoms with E-state index in [0.717, 1.165) is 22.0 Å². The van der Waals surface area contributed by atoms with Gasteiger partial charge in [0.25, 0.3) is 0 Å². The van der Waals surface area contributed by atoms with Crippen LogP contribution in [0.15, 0.2) is 60.8 Å². The number of halogens is 1. The van der Waals surface area contributed by atoms with E-state index in [2.05, 4.69) is 16.4 Å². The number of nitrogens with zero attached hydrogens (tertiary/aromatic N) is 1. The SMILES string of the molecule is OCC(Cc1ccc(F)cc1)NCc1cnc2ccccc2c1. The van der Waals surface area contributed by atoms with E-state index in [0.29, 0.717) is 13.0 Å². The zero-order valence-corrected chi connectivity index (χ0v) is 12.7. The van der Waals surface area contributed by atoms with E-state index >= 15 is 0 Å². The van der Waals surface area contributed by atoms with Crippen LogP contribution in [0, 0.1) is 5.82 Å². The van der Waals surface area contributed by atoms with Crippen molar-refractivity contribution in [2.24, 2.45) is 0 Å². The van der Waals surface area contributed by atoms with E-state index in [1.54, 1.807) is 12.1 Å². The van der Waals surface area contributed by atoms with Crippen molar-refractivity contribution in [2.75, 3.05) is 6.61 Å². The Morgan fingerprint density at radius 3 is 2.61 bits per heavy atom. The first-order valence-corrected chi connectivity index (χ1v) is 7.67. The maximum atomic E-state index is 12.9. The lowest BCUT2D eigenvalue weighted by atomic mass is 10.1. The highest BCUT2D eigenvalue weighted by atomic mass is 19.1. The molecule has 3 aromatic rings. The normalized spacial score (nSPS) is 12.4. The maximum Gasteiger partial charge on any atom is 0.123 e. The average Bonchev–Trinajstić information content (AvgIpc) is 2.60. The molecule has 1 atom stereocenters. The Morgan fingerprint density at radius 2 is 1.83 bits per heavy atom. The highest BCUT2D eigenvalue weighted by molar-refractivity contribution is 5.78. The molecule has 3 nitrogen and oxygen atoms in total. The molecule has 0 radical (unpaired) electrons. The average molecular weight is 310 g/mol. The maximum absolute atomic E-state index is 12.9. The summed E-state index contributed by atoms with van der Waals surface area (Å²) in [6.07, 6.45) is 2.50. The number of aliphatic hydroxyl groups is 1. The van der Waals surface area contributed by atoms with Crippen LogP contribution in [0.25, 0.3) is 10.9 Å². The molecular formula is C19H19FN2O. The lowest BCUT2D eigenvalue weighted by Crippen LogP contribution is -2.34. The van der Waals surface area contributed by atoms with Gasteiger partial charge < -0.3 is 10.4 Å². The van der Waals surface area contributed by atoms with Crippen LogP contribution in [0.1, 0.15) is 11.1 Å². The molecule has 1 heterocycles. The van der Waals surface area contributed by atoms with Crippen molar-refractivity contribution in [2.45, 2.75) is 19.0 Å². The Labute approximate surface area is 134 Å². The van der Waals surface area contributed by atoms with Crippen molar-refractivity contribution in [1.82, 2.24) is 10.3 Å². The number of aromatic nitrogens is 1. The Morgan fingerprint density at radius 1 is 1.04 bits per heavy atom. The number of aliphatic hydroxyl groups excluding tert-OH is 1. The van der Waals surface area contributed by atoms with Gasteiger partial charge in [0.05, 0.1) is 12.1 Å². The summed E-state index contributed by atoms with van der Waals surface area (Å²) in [5.41, 5.74) is 3.04. The second kappa shape index (κ2) is 7.31. The van der Waals surface area contributed by atoms with E-state index in [1.807, 2.05) is 30.5 Å². The first-order valence-electron chi connectivity index (χ1n) is 7.67. The van der Waals surface area contributed by atoms with Gasteiger partial charge in [0.15, 0.2) is 0 Å². The van der Waals surface area contributed by atoms with Crippen LogP contribution in [0.2, 0.25) is 0 Å². The van der Waals surface area contributed by atoms with Crippen molar-refractivity contribution < 1.29 is 9.50 Å². The summed E-state index contributed by atoms with van der Waals surface area (Å²) in [5.74, 6) is -0.246. The summed E-state index contributed by atoms with van der Waals surface area (Å²) in [6.45, 7) is 0.655. The number of fused-ring (bicyclic) bond motifs is 1. The van der Waals surface area contributed by atoms with E-state index in [4.69, 9.17) is 0 Å². The van der Waals surface area contributed by atoms with Crippen molar-refractivity contribution in [3.8, 4) is 0 Å². The summed E-state index contributed by atoms with van der Waals surface area (Å²) < 4.78 is 12.9. The molecule has 1 aromatic heterocycles. The van der Waals surface area contributed by atoms with E-state index in [-0.39, 0.29) is 18.5 Å². The van der Waals surface area contributed by atoms with Crippen molar-refractivity contribution in [1.29, 1.82) is 0 Å². The molecule has 0 spiro atoms. The second-order valence-corrected chi connectivity index (χ2v) is 5.63. The molecule has 0 saturated heterocycles. The Balaban J connectivity index is 1.63. The number of hydrogen-bond donors (Lipinski definition) is 2. The zero-order chi connectivity index (χ0) is 16.1. The molecule has 0 bridgehead atoms. The van der Waals surface area contributed by atoms with Crippen LogP contribution in [-0.4, -0.2) is 22.7 Å². The smallest absolute Gasteiger partial charge is 0.123 e. The number of rotatable bonds is 6. The molecule has 2 N–H and O–H groups in total. The predicted octanol–water partition coefficient (Wildman–Crippen LogP) is 3.07. The Hall–Kier alpha value is -2.30. The molecular weight excluding hydrogens is 291 g/mol. The number of pyridine rings is 1.